The molecule has 0 N–H and O–H groups in total. The van der Waals surface area contributed by atoms with Crippen LogP contribution in [0.1, 0.15) is 0 Å². The summed E-state index contributed by atoms with van der Waals surface area (Å²) < 4.78 is 21.1. The zero-order valence-corrected chi connectivity index (χ0v) is 9.01. The lowest BCUT2D eigenvalue weighted by Crippen LogP contribution is -1.89. The van der Waals surface area contributed by atoms with Crippen LogP contribution in [0.4, 0.5) is 0 Å². The van der Waals surface area contributed by atoms with E-state index < -0.39 is 6.72 Å². The van der Waals surface area contributed by atoms with E-state index in [2.05, 4.69) is 0 Å². The van der Waals surface area contributed by atoms with Crippen LogP contribution in [0.2, 0.25) is 0 Å². The lowest BCUT2D eigenvalue weighted by molar-refractivity contribution is 0.393. The van der Waals surface area contributed by atoms with Crippen LogP contribution in [0.5, 0.6) is 11.5 Å². The number of benzene rings is 1. The second-order valence-corrected chi connectivity index (χ2v) is 6.01. The summed E-state index contributed by atoms with van der Waals surface area (Å²) in [6.45, 7) is -1.70. The summed E-state index contributed by atoms with van der Waals surface area (Å²) in [5.74, 6) is 0.913. The average molecular weight is 221 g/mol. The van der Waals surface area contributed by atoms with Crippen molar-refractivity contribution in [3.05, 3.63) is 24.3 Å². The molecule has 0 aliphatic carbocycles. The van der Waals surface area contributed by atoms with E-state index in [0.29, 0.717) is 11.5 Å². The molecule has 0 saturated heterocycles. The van der Waals surface area contributed by atoms with Crippen LogP contribution in [0.25, 0.3) is 0 Å². The number of halogens is 1. The minimum Gasteiger partial charge on any atom is -0.493 e. The largest absolute Gasteiger partial charge is 0.493 e. The number of hydrogen-bond acceptors (Lipinski definition) is 3. The van der Waals surface area contributed by atoms with E-state index in [1.54, 1.807) is 24.3 Å². The van der Waals surface area contributed by atoms with Crippen molar-refractivity contribution in [3.63, 3.8) is 0 Å². The maximum absolute atomic E-state index is 11.1. The molecule has 0 heterocycles. The van der Waals surface area contributed by atoms with Crippen molar-refractivity contribution >= 4 is 18.0 Å². The Balaban J connectivity index is 2.94. The van der Waals surface area contributed by atoms with Gasteiger partial charge in [-0.25, -0.2) is 0 Å². The van der Waals surface area contributed by atoms with Crippen LogP contribution < -0.4 is 9.26 Å². The van der Waals surface area contributed by atoms with Crippen molar-refractivity contribution in [1.82, 2.24) is 0 Å². The molecule has 0 aliphatic rings. The minimum absolute atomic E-state index is 0.394. The molecule has 13 heavy (non-hydrogen) atoms. The van der Waals surface area contributed by atoms with Crippen LogP contribution >= 0.6 is 18.0 Å². The maximum Gasteiger partial charge on any atom is 0.333 e. The normalized spacial score (nSPS) is 14.7. The third-order valence-corrected chi connectivity index (χ3v) is 2.06. The Labute approximate surface area is 81.9 Å². The standard InChI is InChI=1S/C8H10ClO3P/c1-11-7-5-3-4-6-8(7)12-13(2,9)10/h3-6H,1-2H3. The Morgan fingerprint density at radius 2 is 1.85 bits per heavy atom. The van der Waals surface area contributed by atoms with Gasteiger partial charge >= 0.3 is 6.72 Å². The first kappa shape index (κ1) is 10.4. The highest BCUT2D eigenvalue weighted by Crippen LogP contribution is 2.50. The predicted octanol–water partition coefficient (Wildman–Crippen LogP) is 3.14. The van der Waals surface area contributed by atoms with Gasteiger partial charge in [0.1, 0.15) is 0 Å². The van der Waals surface area contributed by atoms with Gasteiger partial charge in [0, 0.05) is 6.66 Å². The molecule has 0 aliphatic heterocycles. The Kier molecular flexibility index (Phi) is 3.23. The van der Waals surface area contributed by atoms with Crippen molar-refractivity contribution in [2.24, 2.45) is 0 Å². The van der Waals surface area contributed by atoms with Crippen LogP contribution in [-0.2, 0) is 4.57 Å². The first-order valence-electron chi connectivity index (χ1n) is 3.63. The average Bonchev–Trinajstić information content (AvgIpc) is 2.02. The monoisotopic (exact) mass is 220 g/mol. The molecule has 0 fully saturated rings. The fraction of sp³-hybridized carbons (Fsp3) is 0.250. The van der Waals surface area contributed by atoms with E-state index >= 15 is 0 Å². The summed E-state index contributed by atoms with van der Waals surface area (Å²) in [5, 5.41) is 0. The molecule has 1 rings (SSSR count). The van der Waals surface area contributed by atoms with Crippen molar-refractivity contribution in [2.75, 3.05) is 13.8 Å². The van der Waals surface area contributed by atoms with Gasteiger partial charge in [0.2, 0.25) is 0 Å². The molecular formula is C8H10ClO3P. The Bertz CT molecular complexity index is 334. The topological polar surface area (TPSA) is 35.5 Å². The van der Waals surface area contributed by atoms with Crippen LogP contribution in [0, 0.1) is 0 Å². The molecule has 0 bridgehead atoms. The van der Waals surface area contributed by atoms with E-state index in [1.807, 2.05) is 0 Å². The lowest BCUT2D eigenvalue weighted by atomic mass is 10.3. The first-order valence-corrected chi connectivity index (χ1v) is 6.60. The molecular weight excluding hydrogens is 211 g/mol. The summed E-state index contributed by atoms with van der Waals surface area (Å²) >= 11 is 5.47. The molecule has 1 unspecified atom stereocenters. The highest BCUT2D eigenvalue weighted by Gasteiger charge is 2.14. The molecule has 0 amide bonds. The van der Waals surface area contributed by atoms with Crippen LogP contribution in [0.15, 0.2) is 24.3 Å². The van der Waals surface area contributed by atoms with Crippen molar-refractivity contribution in [1.29, 1.82) is 0 Å². The third kappa shape index (κ3) is 3.29. The molecule has 0 spiro atoms. The smallest absolute Gasteiger partial charge is 0.333 e. The SMILES string of the molecule is COc1ccccc1OP(C)(=O)Cl. The Morgan fingerprint density at radius 1 is 1.31 bits per heavy atom. The second-order valence-electron chi connectivity index (χ2n) is 2.49. The van der Waals surface area contributed by atoms with Gasteiger partial charge in [0.15, 0.2) is 11.5 Å². The lowest BCUT2D eigenvalue weighted by Gasteiger charge is -2.11. The van der Waals surface area contributed by atoms with Crippen molar-refractivity contribution in [2.45, 2.75) is 0 Å². The fourth-order valence-electron chi connectivity index (χ4n) is 0.870. The van der Waals surface area contributed by atoms with Gasteiger partial charge in [-0.1, -0.05) is 12.1 Å². The van der Waals surface area contributed by atoms with Gasteiger partial charge in [-0.15, -0.1) is 0 Å². The van der Waals surface area contributed by atoms with E-state index in [9.17, 15) is 4.57 Å². The molecule has 0 saturated carbocycles. The molecule has 1 atom stereocenters. The minimum atomic E-state index is -3.04. The van der Waals surface area contributed by atoms with Crippen molar-refractivity contribution in [3.8, 4) is 11.5 Å². The Morgan fingerprint density at radius 3 is 2.31 bits per heavy atom. The van der Waals surface area contributed by atoms with Gasteiger partial charge in [0.25, 0.3) is 0 Å². The number of methoxy groups -OCH3 is 1. The molecule has 0 aromatic heterocycles. The molecule has 5 heteroatoms. The molecule has 1 aromatic carbocycles. The summed E-state index contributed by atoms with van der Waals surface area (Å²) in [7, 11) is 1.51. The zero-order valence-electron chi connectivity index (χ0n) is 7.36. The van der Waals surface area contributed by atoms with E-state index in [4.69, 9.17) is 20.5 Å². The number of rotatable bonds is 3. The summed E-state index contributed by atoms with van der Waals surface area (Å²) in [5.41, 5.74) is 0. The molecule has 3 nitrogen and oxygen atoms in total. The first-order chi connectivity index (χ1) is 6.03. The summed E-state index contributed by atoms with van der Waals surface area (Å²) in [6.07, 6.45) is 0. The zero-order chi connectivity index (χ0) is 9.90. The fourth-order valence-corrected chi connectivity index (χ4v) is 1.60. The second kappa shape index (κ2) is 4.03. The van der Waals surface area contributed by atoms with Gasteiger partial charge in [-0.05, 0) is 23.4 Å². The van der Waals surface area contributed by atoms with Gasteiger partial charge in [-0.2, -0.15) is 0 Å². The summed E-state index contributed by atoms with van der Waals surface area (Å²) in [6, 6.07) is 6.91. The van der Waals surface area contributed by atoms with Gasteiger partial charge in [-0.3, -0.25) is 4.57 Å². The highest BCUT2D eigenvalue weighted by molar-refractivity contribution is 7.85. The number of ether oxygens (including phenoxy) is 1. The van der Waals surface area contributed by atoms with E-state index in [0.717, 1.165) is 0 Å². The molecule has 0 radical (unpaired) electrons. The summed E-state index contributed by atoms with van der Waals surface area (Å²) in [4.78, 5) is 0. The van der Waals surface area contributed by atoms with Gasteiger partial charge in [0.05, 0.1) is 7.11 Å². The molecule has 1 aromatic rings. The van der Waals surface area contributed by atoms with Crippen LogP contribution in [0.3, 0.4) is 0 Å². The van der Waals surface area contributed by atoms with Crippen molar-refractivity contribution < 1.29 is 13.8 Å². The molecule has 72 valence electrons. The third-order valence-electron chi connectivity index (χ3n) is 1.33. The number of para-hydroxylation sites is 2. The maximum atomic E-state index is 11.1. The predicted molar refractivity (Wildman–Crippen MR) is 53.0 cm³/mol. The highest BCUT2D eigenvalue weighted by atomic mass is 35.7. The Hall–Kier alpha value is -0.660. The van der Waals surface area contributed by atoms with E-state index in [-0.39, 0.29) is 0 Å². The van der Waals surface area contributed by atoms with Gasteiger partial charge < -0.3 is 9.26 Å². The quantitative estimate of drug-likeness (QED) is 0.734. The number of hydrogen-bond donors (Lipinski definition) is 0. The van der Waals surface area contributed by atoms with E-state index in [1.165, 1.54) is 13.8 Å². The van der Waals surface area contributed by atoms with Crippen LogP contribution in [-0.4, -0.2) is 13.8 Å².